The van der Waals surface area contributed by atoms with Crippen molar-refractivity contribution in [3.63, 3.8) is 0 Å². The molecule has 3 heterocycles. The van der Waals surface area contributed by atoms with E-state index in [0.29, 0.717) is 32.6 Å². The molecular weight excluding hydrogens is 414 g/mol. The van der Waals surface area contributed by atoms with Crippen molar-refractivity contribution < 1.29 is 4.79 Å². The van der Waals surface area contributed by atoms with Crippen LogP contribution in [0.1, 0.15) is 25.1 Å². The highest BCUT2D eigenvalue weighted by molar-refractivity contribution is 7.99. The van der Waals surface area contributed by atoms with E-state index in [1.807, 2.05) is 34.5 Å². The lowest BCUT2D eigenvalue weighted by molar-refractivity contribution is -0.129. The molecule has 1 saturated heterocycles. The lowest BCUT2D eigenvalue weighted by Gasteiger charge is -2.26. The van der Waals surface area contributed by atoms with Crippen molar-refractivity contribution in [1.29, 1.82) is 0 Å². The molecule has 3 aromatic rings. The van der Waals surface area contributed by atoms with Crippen LogP contribution in [-0.2, 0) is 10.5 Å². The standard InChI is InChI=1S/C20H20ClN3O2S2/c21-15-7-3-2-6-13(15)14-10-28-20-18(14)19(26)22-16(23-20)11-27-12-17(25)24-8-4-1-5-9-24/h2-3,6-7,10H,1,4-5,8-9,11-12H2,(H,22,23,26). The zero-order valence-electron chi connectivity index (χ0n) is 15.2. The number of fused-ring (bicyclic) bond motifs is 1. The second kappa shape index (κ2) is 8.68. The Morgan fingerprint density at radius 1 is 1.21 bits per heavy atom. The van der Waals surface area contributed by atoms with Gasteiger partial charge in [-0.3, -0.25) is 9.59 Å². The largest absolute Gasteiger partial charge is 0.342 e. The minimum Gasteiger partial charge on any atom is -0.342 e. The van der Waals surface area contributed by atoms with Gasteiger partial charge in [0.2, 0.25) is 5.91 Å². The third-order valence-electron chi connectivity index (χ3n) is 4.83. The Morgan fingerprint density at radius 2 is 2.00 bits per heavy atom. The quantitative estimate of drug-likeness (QED) is 0.641. The topological polar surface area (TPSA) is 66.1 Å². The highest BCUT2D eigenvalue weighted by Gasteiger charge is 2.17. The Labute approximate surface area is 176 Å². The summed E-state index contributed by atoms with van der Waals surface area (Å²) in [4.78, 5) is 35.0. The van der Waals surface area contributed by atoms with E-state index in [0.717, 1.165) is 37.1 Å². The molecule has 1 amide bonds. The average molecular weight is 434 g/mol. The van der Waals surface area contributed by atoms with Crippen molar-refractivity contribution in [3.05, 3.63) is 50.8 Å². The van der Waals surface area contributed by atoms with E-state index in [-0.39, 0.29) is 11.5 Å². The molecule has 2 aromatic heterocycles. The number of rotatable bonds is 5. The van der Waals surface area contributed by atoms with Crippen LogP contribution < -0.4 is 5.56 Å². The number of piperidine rings is 1. The normalized spacial score (nSPS) is 14.5. The van der Waals surface area contributed by atoms with Gasteiger partial charge in [-0.1, -0.05) is 29.8 Å². The Balaban J connectivity index is 1.49. The average Bonchev–Trinajstić information content (AvgIpc) is 3.13. The van der Waals surface area contributed by atoms with Crippen LogP contribution in [0.2, 0.25) is 5.02 Å². The number of thiophene rings is 1. The molecule has 146 valence electrons. The summed E-state index contributed by atoms with van der Waals surface area (Å²) in [5.41, 5.74) is 1.47. The number of hydrogen-bond donors (Lipinski definition) is 1. The van der Waals surface area contributed by atoms with Crippen molar-refractivity contribution in [2.75, 3.05) is 18.8 Å². The number of benzene rings is 1. The fraction of sp³-hybridized carbons (Fsp3) is 0.350. The molecule has 0 saturated carbocycles. The molecule has 0 atom stereocenters. The van der Waals surface area contributed by atoms with Gasteiger partial charge in [-0.2, -0.15) is 0 Å². The number of halogens is 1. The summed E-state index contributed by atoms with van der Waals surface area (Å²) in [6.45, 7) is 1.72. The number of hydrogen-bond acceptors (Lipinski definition) is 5. The van der Waals surface area contributed by atoms with Crippen molar-refractivity contribution >= 4 is 50.8 Å². The van der Waals surface area contributed by atoms with Gasteiger partial charge in [0.1, 0.15) is 10.7 Å². The third-order valence-corrected chi connectivity index (χ3v) is 6.96. The van der Waals surface area contributed by atoms with E-state index >= 15 is 0 Å². The lowest BCUT2D eigenvalue weighted by atomic mass is 10.1. The monoisotopic (exact) mass is 433 g/mol. The van der Waals surface area contributed by atoms with Crippen LogP contribution in [0, 0.1) is 0 Å². The van der Waals surface area contributed by atoms with Crippen LogP contribution in [-0.4, -0.2) is 39.6 Å². The van der Waals surface area contributed by atoms with E-state index in [1.54, 1.807) is 0 Å². The van der Waals surface area contributed by atoms with Gasteiger partial charge in [0.05, 0.1) is 16.9 Å². The maximum absolute atomic E-state index is 12.7. The SMILES string of the molecule is O=C(CSCc1nc2scc(-c3ccccc3Cl)c2c(=O)[nH]1)N1CCCCC1. The number of aromatic nitrogens is 2. The van der Waals surface area contributed by atoms with E-state index in [2.05, 4.69) is 9.97 Å². The molecule has 1 aromatic carbocycles. The van der Waals surface area contributed by atoms with Crippen LogP contribution in [0.4, 0.5) is 0 Å². The molecule has 1 fully saturated rings. The highest BCUT2D eigenvalue weighted by atomic mass is 35.5. The molecule has 1 N–H and O–H groups in total. The smallest absolute Gasteiger partial charge is 0.260 e. The van der Waals surface area contributed by atoms with Gasteiger partial charge < -0.3 is 9.88 Å². The summed E-state index contributed by atoms with van der Waals surface area (Å²) in [7, 11) is 0. The van der Waals surface area contributed by atoms with Crippen molar-refractivity contribution in [2.24, 2.45) is 0 Å². The molecular formula is C20H20ClN3O2S2. The second-order valence-corrected chi connectivity index (χ2v) is 9.01. The van der Waals surface area contributed by atoms with Gasteiger partial charge in [-0.05, 0) is 25.3 Å². The number of nitrogens with one attached hydrogen (secondary N) is 1. The fourth-order valence-corrected chi connectivity index (χ4v) is 5.39. The molecule has 8 heteroatoms. The molecule has 1 aliphatic rings. The summed E-state index contributed by atoms with van der Waals surface area (Å²) in [5.74, 6) is 1.69. The van der Waals surface area contributed by atoms with E-state index in [9.17, 15) is 9.59 Å². The second-order valence-electron chi connectivity index (χ2n) is 6.76. The molecule has 0 radical (unpaired) electrons. The summed E-state index contributed by atoms with van der Waals surface area (Å²) < 4.78 is 0. The zero-order valence-corrected chi connectivity index (χ0v) is 17.6. The van der Waals surface area contributed by atoms with Gasteiger partial charge in [0, 0.05) is 34.6 Å². The van der Waals surface area contributed by atoms with Crippen molar-refractivity contribution in [1.82, 2.24) is 14.9 Å². The first-order valence-corrected chi connectivity index (χ1v) is 11.7. The van der Waals surface area contributed by atoms with Crippen LogP contribution >= 0.6 is 34.7 Å². The van der Waals surface area contributed by atoms with E-state index < -0.39 is 0 Å². The van der Waals surface area contributed by atoms with E-state index in [4.69, 9.17) is 11.6 Å². The van der Waals surface area contributed by atoms with Crippen LogP contribution in [0.15, 0.2) is 34.4 Å². The van der Waals surface area contributed by atoms with Crippen molar-refractivity contribution in [3.8, 4) is 11.1 Å². The number of nitrogens with zero attached hydrogens (tertiary/aromatic N) is 2. The van der Waals surface area contributed by atoms with Crippen LogP contribution in [0.25, 0.3) is 21.3 Å². The first kappa shape index (κ1) is 19.5. The number of amides is 1. The van der Waals surface area contributed by atoms with E-state index in [1.165, 1.54) is 29.5 Å². The molecule has 0 bridgehead atoms. The van der Waals surface area contributed by atoms with Gasteiger partial charge in [0.25, 0.3) is 5.56 Å². The Hall–Kier alpha value is -1.83. The molecule has 5 nitrogen and oxygen atoms in total. The number of thioether (sulfide) groups is 1. The maximum Gasteiger partial charge on any atom is 0.260 e. The predicted octanol–water partition coefficient (Wildman–Crippen LogP) is 4.55. The number of likely N-dealkylation sites (tertiary alicyclic amines) is 1. The molecule has 1 aliphatic heterocycles. The maximum atomic E-state index is 12.7. The minimum atomic E-state index is -0.167. The van der Waals surface area contributed by atoms with Crippen molar-refractivity contribution in [2.45, 2.75) is 25.0 Å². The van der Waals surface area contributed by atoms with Gasteiger partial charge in [0.15, 0.2) is 0 Å². The molecule has 0 unspecified atom stereocenters. The summed E-state index contributed by atoms with van der Waals surface area (Å²) in [6.07, 6.45) is 3.39. The molecule has 28 heavy (non-hydrogen) atoms. The Kier molecular flexibility index (Phi) is 6.04. The Morgan fingerprint density at radius 3 is 2.79 bits per heavy atom. The van der Waals surface area contributed by atoms with Gasteiger partial charge in [-0.15, -0.1) is 23.1 Å². The zero-order chi connectivity index (χ0) is 19.5. The van der Waals surface area contributed by atoms with Gasteiger partial charge in [-0.25, -0.2) is 4.98 Å². The van der Waals surface area contributed by atoms with Crippen LogP contribution in [0.5, 0.6) is 0 Å². The highest BCUT2D eigenvalue weighted by Crippen LogP contribution is 2.35. The van der Waals surface area contributed by atoms with Crippen LogP contribution in [0.3, 0.4) is 0 Å². The van der Waals surface area contributed by atoms with Gasteiger partial charge >= 0.3 is 0 Å². The predicted molar refractivity (Wildman–Crippen MR) is 117 cm³/mol. The first-order chi connectivity index (χ1) is 13.6. The number of H-pyrrole nitrogens is 1. The number of aromatic amines is 1. The fourth-order valence-electron chi connectivity index (χ4n) is 3.41. The summed E-state index contributed by atoms with van der Waals surface area (Å²) >= 11 is 9.22. The summed E-state index contributed by atoms with van der Waals surface area (Å²) in [6, 6.07) is 7.48. The molecule has 0 aliphatic carbocycles. The third kappa shape index (κ3) is 4.11. The lowest BCUT2D eigenvalue weighted by Crippen LogP contribution is -2.36. The summed E-state index contributed by atoms with van der Waals surface area (Å²) in [5, 5.41) is 3.10. The number of carbonyl (C=O) groups is 1. The Bertz CT molecular complexity index is 1060. The minimum absolute atomic E-state index is 0.167. The molecule has 0 spiro atoms. The molecule has 4 rings (SSSR count). The number of carbonyl (C=O) groups excluding carboxylic acids is 1. The first-order valence-electron chi connectivity index (χ1n) is 9.24.